The molecule has 0 aliphatic carbocycles. The number of hydrogen-bond donors (Lipinski definition) is 0. The van der Waals surface area contributed by atoms with E-state index in [0.29, 0.717) is 17.5 Å². The van der Waals surface area contributed by atoms with Gasteiger partial charge in [0.2, 0.25) is 0 Å². The first kappa shape index (κ1) is 24.8. The molecule has 9 rings (SSSR count). The van der Waals surface area contributed by atoms with Crippen molar-refractivity contribution in [3.8, 4) is 45.4 Å². The maximum atomic E-state index is 6.27. The normalized spacial score (nSPS) is 11.6. The van der Waals surface area contributed by atoms with Crippen LogP contribution in [0.3, 0.4) is 0 Å². The van der Waals surface area contributed by atoms with E-state index in [1.165, 1.54) is 4.70 Å². The molecule has 7 heteroatoms. The van der Waals surface area contributed by atoms with Crippen molar-refractivity contribution in [1.29, 1.82) is 0 Å². The predicted octanol–water partition coefficient (Wildman–Crippen LogP) is 9.60. The van der Waals surface area contributed by atoms with Gasteiger partial charge in [-0.2, -0.15) is 0 Å². The zero-order chi connectivity index (χ0) is 29.0. The monoisotopic (exact) mass is 583 g/mol. The lowest BCUT2D eigenvalue weighted by Gasteiger charge is -2.08. The molecule has 4 heterocycles. The molecule has 0 amide bonds. The van der Waals surface area contributed by atoms with Gasteiger partial charge in [0.05, 0.1) is 15.9 Å². The van der Waals surface area contributed by atoms with Crippen molar-refractivity contribution >= 4 is 53.6 Å². The van der Waals surface area contributed by atoms with E-state index in [0.717, 1.165) is 65.5 Å². The lowest BCUT2D eigenvalue weighted by Crippen LogP contribution is -2.00. The third-order valence-electron chi connectivity index (χ3n) is 7.86. The Kier molecular flexibility index (Phi) is 5.57. The molecule has 0 saturated carbocycles. The molecule has 0 aliphatic heterocycles. The zero-order valence-corrected chi connectivity index (χ0v) is 24.0. The van der Waals surface area contributed by atoms with Crippen molar-refractivity contribution < 1.29 is 4.42 Å². The Morgan fingerprint density at radius 1 is 0.477 bits per heavy atom. The number of benzene rings is 5. The van der Waals surface area contributed by atoms with E-state index in [1.807, 2.05) is 78.9 Å². The van der Waals surface area contributed by atoms with Crippen LogP contribution in [0.15, 0.2) is 132 Å². The van der Waals surface area contributed by atoms with E-state index >= 15 is 0 Å². The standard InChI is InChI=1S/C37H21N5OS/c1-3-9-22(10-4-1)35-40-36(23-11-5-2-6-12-23)42-37(41-35)25-16-18-30-28(20-25)27-19-24(15-17-29(27)43-30)32-34-33(39-21-38-32)26-13-7-8-14-31(26)44-34/h1-21H. The predicted molar refractivity (Wildman–Crippen MR) is 177 cm³/mol. The van der Waals surface area contributed by atoms with Gasteiger partial charge in [-0.25, -0.2) is 24.9 Å². The largest absolute Gasteiger partial charge is 0.456 e. The summed E-state index contributed by atoms with van der Waals surface area (Å²) in [4.78, 5) is 24.0. The number of rotatable bonds is 4. The number of nitrogens with zero attached hydrogens (tertiary/aromatic N) is 5. The summed E-state index contributed by atoms with van der Waals surface area (Å²) in [5.41, 5.74) is 7.29. The molecule has 9 aromatic rings. The molecule has 0 N–H and O–H groups in total. The topological polar surface area (TPSA) is 77.6 Å². The average Bonchev–Trinajstić information content (AvgIpc) is 3.66. The summed E-state index contributed by atoms with van der Waals surface area (Å²) in [6.45, 7) is 0. The van der Waals surface area contributed by atoms with E-state index in [-0.39, 0.29) is 0 Å². The van der Waals surface area contributed by atoms with Crippen molar-refractivity contribution in [1.82, 2.24) is 24.9 Å². The Hall–Kier alpha value is -5.79. The summed E-state index contributed by atoms with van der Waals surface area (Å²) in [5, 5.41) is 3.15. The van der Waals surface area contributed by atoms with Crippen LogP contribution in [0.1, 0.15) is 0 Å². The molecule has 44 heavy (non-hydrogen) atoms. The van der Waals surface area contributed by atoms with Crippen LogP contribution >= 0.6 is 11.3 Å². The summed E-state index contributed by atoms with van der Waals surface area (Å²) in [7, 11) is 0. The highest BCUT2D eigenvalue weighted by Crippen LogP contribution is 2.40. The van der Waals surface area contributed by atoms with E-state index in [4.69, 9.17) is 24.4 Å². The highest BCUT2D eigenvalue weighted by molar-refractivity contribution is 7.26. The van der Waals surface area contributed by atoms with Gasteiger partial charge in [-0.3, -0.25) is 0 Å². The molecular weight excluding hydrogens is 563 g/mol. The van der Waals surface area contributed by atoms with Gasteiger partial charge in [-0.05, 0) is 42.5 Å². The molecule has 0 atom stereocenters. The molecule has 0 radical (unpaired) electrons. The van der Waals surface area contributed by atoms with Crippen LogP contribution in [0.4, 0.5) is 0 Å². The second-order valence-electron chi connectivity index (χ2n) is 10.6. The summed E-state index contributed by atoms with van der Waals surface area (Å²) >= 11 is 1.72. The van der Waals surface area contributed by atoms with Crippen molar-refractivity contribution in [2.24, 2.45) is 0 Å². The van der Waals surface area contributed by atoms with E-state index in [2.05, 4.69) is 47.4 Å². The van der Waals surface area contributed by atoms with Crippen molar-refractivity contribution in [3.05, 3.63) is 128 Å². The van der Waals surface area contributed by atoms with Gasteiger partial charge in [0.25, 0.3) is 0 Å². The van der Waals surface area contributed by atoms with Gasteiger partial charge in [0, 0.05) is 43.1 Å². The third-order valence-corrected chi connectivity index (χ3v) is 9.02. The molecule has 0 unspecified atom stereocenters. The van der Waals surface area contributed by atoms with Crippen LogP contribution in [0.2, 0.25) is 0 Å². The lowest BCUT2D eigenvalue weighted by atomic mass is 10.0. The van der Waals surface area contributed by atoms with Crippen LogP contribution < -0.4 is 0 Å². The molecule has 0 saturated heterocycles. The average molecular weight is 584 g/mol. The van der Waals surface area contributed by atoms with Crippen LogP contribution in [0, 0.1) is 0 Å². The van der Waals surface area contributed by atoms with E-state index in [9.17, 15) is 0 Å². The summed E-state index contributed by atoms with van der Waals surface area (Å²) in [5.74, 6) is 1.86. The SMILES string of the molecule is c1ccc(-c2nc(-c3ccccc3)nc(-c3ccc4oc5ccc(-c6ncnc7c6sc6ccccc67)cc5c4c3)n2)cc1. The van der Waals surface area contributed by atoms with Gasteiger partial charge in [0.1, 0.15) is 17.5 Å². The Bertz CT molecular complexity index is 2450. The minimum absolute atomic E-state index is 0.605. The number of aromatic nitrogens is 5. The number of furan rings is 1. The third kappa shape index (κ3) is 4.06. The Labute approximate surface area is 255 Å². The minimum atomic E-state index is 0.605. The van der Waals surface area contributed by atoms with Crippen molar-refractivity contribution in [2.75, 3.05) is 0 Å². The Morgan fingerprint density at radius 3 is 1.73 bits per heavy atom. The first-order valence-corrected chi connectivity index (χ1v) is 15.1. The van der Waals surface area contributed by atoms with Gasteiger partial charge in [0.15, 0.2) is 17.5 Å². The smallest absolute Gasteiger partial charge is 0.164 e. The maximum absolute atomic E-state index is 6.27. The first-order chi connectivity index (χ1) is 21.8. The molecule has 0 fully saturated rings. The molecule has 0 bridgehead atoms. The fraction of sp³-hybridized carbons (Fsp3) is 0. The van der Waals surface area contributed by atoms with Crippen molar-refractivity contribution in [3.63, 3.8) is 0 Å². The summed E-state index contributed by atoms with van der Waals surface area (Å²) < 4.78 is 8.55. The highest BCUT2D eigenvalue weighted by atomic mass is 32.1. The first-order valence-electron chi connectivity index (χ1n) is 14.2. The fourth-order valence-corrected chi connectivity index (χ4v) is 6.90. The summed E-state index contributed by atoms with van der Waals surface area (Å²) in [6.07, 6.45) is 1.65. The minimum Gasteiger partial charge on any atom is -0.456 e. The van der Waals surface area contributed by atoms with Gasteiger partial charge < -0.3 is 4.42 Å². The van der Waals surface area contributed by atoms with Crippen molar-refractivity contribution in [2.45, 2.75) is 0 Å². The number of fused-ring (bicyclic) bond motifs is 6. The van der Waals surface area contributed by atoms with Gasteiger partial charge >= 0.3 is 0 Å². The van der Waals surface area contributed by atoms with Crippen LogP contribution in [0.25, 0.3) is 87.7 Å². The molecule has 6 nitrogen and oxygen atoms in total. The maximum Gasteiger partial charge on any atom is 0.164 e. The molecule has 5 aromatic carbocycles. The van der Waals surface area contributed by atoms with Crippen LogP contribution in [-0.2, 0) is 0 Å². The lowest BCUT2D eigenvalue weighted by molar-refractivity contribution is 0.669. The van der Waals surface area contributed by atoms with E-state index < -0.39 is 0 Å². The van der Waals surface area contributed by atoms with Gasteiger partial charge in [-0.15, -0.1) is 11.3 Å². The fourth-order valence-electron chi connectivity index (χ4n) is 5.73. The van der Waals surface area contributed by atoms with E-state index in [1.54, 1.807) is 17.7 Å². The van der Waals surface area contributed by atoms with Crippen LogP contribution in [0.5, 0.6) is 0 Å². The van der Waals surface area contributed by atoms with Gasteiger partial charge in [-0.1, -0.05) is 78.9 Å². The molecule has 206 valence electrons. The Morgan fingerprint density at radius 2 is 1.05 bits per heavy atom. The summed E-state index contributed by atoms with van der Waals surface area (Å²) in [6, 6.07) is 40.7. The molecular formula is C37H21N5OS. The highest BCUT2D eigenvalue weighted by Gasteiger charge is 2.17. The van der Waals surface area contributed by atoms with Crippen LogP contribution in [-0.4, -0.2) is 24.9 Å². The number of hydrogen-bond acceptors (Lipinski definition) is 7. The molecule has 4 aromatic heterocycles. The zero-order valence-electron chi connectivity index (χ0n) is 23.2. The second-order valence-corrected chi connectivity index (χ2v) is 11.6. The Balaban J connectivity index is 1.22. The molecule has 0 spiro atoms. The number of thiophene rings is 1. The second kappa shape index (κ2) is 9.90. The quantitative estimate of drug-likeness (QED) is 0.205. The molecule has 0 aliphatic rings.